The lowest BCUT2D eigenvalue weighted by atomic mass is 9.76. The smallest absolute Gasteiger partial charge is 0.444 e. The molecule has 0 aliphatic heterocycles. The first kappa shape index (κ1) is 26.9. The van der Waals surface area contributed by atoms with E-state index in [0.29, 0.717) is 30.1 Å². The van der Waals surface area contributed by atoms with E-state index in [-0.39, 0.29) is 29.9 Å². The summed E-state index contributed by atoms with van der Waals surface area (Å²) in [6.45, 7) is 5.54. The number of carbonyl (C=O) groups excluding carboxylic acids is 2. The maximum absolute atomic E-state index is 13.6. The first-order chi connectivity index (χ1) is 17.4. The molecule has 0 spiro atoms. The molecule has 0 saturated heterocycles. The van der Waals surface area contributed by atoms with Gasteiger partial charge >= 0.3 is 12.5 Å². The van der Waals surface area contributed by atoms with Crippen molar-refractivity contribution >= 4 is 11.9 Å². The molecular formula is C28H33F3N2O4. The lowest BCUT2D eigenvalue weighted by Gasteiger charge is -2.28. The highest BCUT2D eigenvalue weighted by atomic mass is 19.4. The van der Waals surface area contributed by atoms with Gasteiger partial charge in [-0.15, -0.1) is 13.2 Å². The number of nitrogens with zero attached hydrogens (tertiary/aromatic N) is 1. The molecule has 1 amide bonds. The minimum absolute atomic E-state index is 0.0355. The van der Waals surface area contributed by atoms with Crippen LogP contribution in [-0.2, 0) is 11.3 Å². The summed E-state index contributed by atoms with van der Waals surface area (Å²) in [6, 6.07) is 9.82. The van der Waals surface area contributed by atoms with Crippen LogP contribution in [0.5, 0.6) is 5.75 Å². The molecule has 37 heavy (non-hydrogen) atoms. The zero-order valence-electron chi connectivity index (χ0n) is 21.4. The molecule has 6 nitrogen and oxygen atoms in total. The number of rotatable bonds is 7. The first-order valence-electron chi connectivity index (χ1n) is 12.7. The highest BCUT2D eigenvalue weighted by molar-refractivity contribution is 5.97. The lowest BCUT2D eigenvalue weighted by Crippen LogP contribution is -2.32. The zero-order chi connectivity index (χ0) is 26.8. The number of Topliss-reactive ketones (excluding diaryl/α,β-unsaturated/α-hetero) is 1. The molecule has 1 aromatic carbocycles. The molecule has 9 heteroatoms. The van der Waals surface area contributed by atoms with E-state index in [2.05, 4.69) is 15.0 Å². The third-order valence-corrected chi connectivity index (χ3v) is 6.73. The number of hydrogen-bond donors (Lipinski definition) is 1. The Labute approximate surface area is 214 Å². The quantitative estimate of drug-likeness (QED) is 0.398. The number of amides is 1. The Morgan fingerprint density at radius 1 is 0.919 bits per heavy atom. The van der Waals surface area contributed by atoms with E-state index in [4.69, 9.17) is 4.74 Å². The van der Waals surface area contributed by atoms with E-state index in [0.717, 1.165) is 36.8 Å². The van der Waals surface area contributed by atoms with Crippen LogP contribution in [0.15, 0.2) is 36.4 Å². The Hall–Kier alpha value is -3.10. The van der Waals surface area contributed by atoms with Crippen LogP contribution in [0.25, 0.3) is 0 Å². The van der Waals surface area contributed by atoms with Gasteiger partial charge in [0.15, 0.2) is 5.78 Å². The van der Waals surface area contributed by atoms with Crippen molar-refractivity contribution in [2.24, 2.45) is 5.92 Å². The van der Waals surface area contributed by atoms with Crippen LogP contribution in [-0.4, -0.2) is 28.8 Å². The van der Waals surface area contributed by atoms with Gasteiger partial charge in [0.2, 0.25) is 0 Å². The summed E-state index contributed by atoms with van der Waals surface area (Å²) in [5.41, 5.74) is 2.43. The van der Waals surface area contributed by atoms with Gasteiger partial charge in [-0.1, -0.05) is 18.2 Å². The summed E-state index contributed by atoms with van der Waals surface area (Å²) < 4.78 is 46.5. The summed E-state index contributed by atoms with van der Waals surface area (Å²) in [6.07, 6.45) is -0.243. The van der Waals surface area contributed by atoms with Crippen molar-refractivity contribution in [3.8, 4) is 5.75 Å². The van der Waals surface area contributed by atoms with Gasteiger partial charge in [-0.25, -0.2) is 9.78 Å². The summed E-state index contributed by atoms with van der Waals surface area (Å²) in [7, 11) is 0. The minimum Gasteiger partial charge on any atom is -0.444 e. The predicted octanol–water partition coefficient (Wildman–Crippen LogP) is 7.04. The number of carbonyl (C=O) groups is 2. The molecule has 200 valence electrons. The number of hydrogen-bond acceptors (Lipinski definition) is 5. The van der Waals surface area contributed by atoms with Gasteiger partial charge in [0.05, 0.1) is 12.2 Å². The number of ketones is 1. The third-order valence-electron chi connectivity index (χ3n) is 6.73. The molecule has 2 aliphatic carbocycles. The van der Waals surface area contributed by atoms with Crippen LogP contribution < -0.4 is 10.1 Å². The fraction of sp³-hybridized carbons (Fsp3) is 0.536. The van der Waals surface area contributed by atoms with E-state index in [1.807, 2.05) is 12.1 Å². The fourth-order valence-corrected chi connectivity index (χ4v) is 4.83. The van der Waals surface area contributed by atoms with Crippen molar-refractivity contribution in [2.45, 2.75) is 89.6 Å². The average Bonchev–Trinajstić information content (AvgIpc) is 3.66. The van der Waals surface area contributed by atoms with Crippen LogP contribution in [0.2, 0.25) is 0 Å². The van der Waals surface area contributed by atoms with Crippen molar-refractivity contribution in [2.75, 3.05) is 0 Å². The number of aromatic nitrogens is 1. The van der Waals surface area contributed by atoms with Crippen molar-refractivity contribution in [1.29, 1.82) is 0 Å². The van der Waals surface area contributed by atoms with E-state index < -0.39 is 18.1 Å². The maximum Gasteiger partial charge on any atom is 0.573 e. The molecule has 1 N–H and O–H groups in total. The molecule has 0 unspecified atom stereocenters. The summed E-state index contributed by atoms with van der Waals surface area (Å²) in [4.78, 5) is 30.2. The second-order valence-corrected chi connectivity index (χ2v) is 10.9. The Kier molecular flexibility index (Phi) is 7.80. The molecule has 1 heterocycles. The molecule has 2 fully saturated rings. The summed E-state index contributed by atoms with van der Waals surface area (Å²) >= 11 is 0. The molecule has 2 saturated carbocycles. The topological polar surface area (TPSA) is 77.5 Å². The Morgan fingerprint density at radius 3 is 2.11 bits per heavy atom. The molecule has 0 radical (unpaired) electrons. The van der Waals surface area contributed by atoms with Gasteiger partial charge in [-0.2, -0.15) is 0 Å². The van der Waals surface area contributed by atoms with Crippen LogP contribution in [0.1, 0.15) is 98.4 Å². The number of halogens is 3. The first-order valence-corrected chi connectivity index (χ1v) is 12.7. The van der Waals surface area contributed by atoms with Crippen LogP contribution in [0, 0.1) is 5.92 Å². The van der Waals surface area contributed by atoms with E-state index in [1.165, 1.54) is 12.1 Å². The predicted molar refractivity (Wildman–Crippen MR) is 131 cm³/mol. The van der Waals surface area contributed by atoms with Gasteiger partial charge in [-0.3, -0.25) is 4.79 Å². The molecule has 1 aromatic heterocycles. The Balaban J connectivity index is 1.38. The Bertz CT molecular complexity index is 1110. The van der Waals surface area contributed by atoms with Gasteiger partial charge in [0, 0.05) is 5.92 Å². The second kappa shape index (κ2) is 10.7. The SMILES string of the molecule is CC(C)(C)OC(=O)NCc1ccc(C2CC2)c(C(=O)C2CCC(c3ccc(OC(F)(F)F)cc3)CC2)n1. The highest BCUT2D eigenvalue weighted by Gasteiger charge is 2.34. The van der Waals surface area contributed by atoms with Crippen molar-refractivity contribution in [3.63, 3.8) is 0 Å². The minimum atomic E-state index is -4.71. The van der Waals surface area contributed by atoms with E-state index in [9.17, 15) is 22.8 Å². The molecule has 4 rings (SSSR count). The maximum atomic E-state index is 13.6. The van der Waals surface area contributed by atoms with Gasteiger partial charge in [0.25, 0.3) is 0 Å². The summed E-state index contributed by atoms with van der Waals surface area (Å²) in [5.74, 6) is 0.189. The van der Waals surface area contributed by atoms with Gasteiger partial charge < -0.3 is 14.8 Å². The van der Waals surface area contributed by atoms with E-state index in [1.54, 1.807) is 32.9 Å². The summed E-state index contributed by atoms with van der Waals surface area (Å²) in [5, 5.41) is 2.70. The molecular weight excluding hydrogens is 485 g/mol. The standard InChI is InChI=1S/C28H33F3N2O4/c1-27(2,3)37-26(35)32-16-21-12-15-23(19-6-7-19)24(33-21)25(34)20-8-4-17(5-9-20)18-10-13-22(14-11-18)36-28(29,30)31/h10-15,17,19-20H,4-9,16H2,1-3H3,(H,32,35). The number of alkyl carbamates (subject to hydrolysis) is 1. The zero-order valence-corrected chi connectivity index (χ0v) is 21.4. The largest absolute Gasteiger partial charge is 0.573 e. The molecule has 2 aliphatic rings. The fourth-order valence-electron chi connectivity index (χ4n) is 4.83. The molecule has 2 aromatic rings. The van der Waals surface area contributed by atoms with Crippen LogP contribution >= 0.6 is 0 Å². The van der Waals surface area contributed by atoms with Crippen molar-refractivity contribution in [1.82, 2.24) is 10.3 Å². The van der Waals surface area contributed by atoms with Crippen molar-refractivity contribution in [3.05, 3.63) is 58.9 Å². The van der Waals surface area contributed by atoms with Crippen molar-refractivity contribution < 1.29 is 32.2 Å². The third kappa shape index (κ3) is 7.69. The Morgan fingerprint density at radius 2 is 1.54 bits per heavy atom. The molecule has 0 bridgehead atoms. The van der Waals surface area contributed by atoms with Crippen LogP contribution in [0.4, 0.5) is 18.0 Å². The highest BCUT2D eigenvalue weighted by Crippen LogP contribution is 2.43. The van der Waals surface area contributed by atoms with E-state index >= 15 is 0 Å². The van der Waals surface area contributed by atoms with Gasteiger partial charge in [0.1, 0.15) is 17.0 Å². The second-order valence-electron chi connectivity index (χ2n) is 10.9. The number of nitrogens with one attached hydrogen (secondary N) is 1. The van der Waals surface area contributed by atoms with Gasteiger partial charge in [-0.05, 0) is 100 Å². The molecule has 0 atom stereocenters. The number of ether oxygens (including phenoxy) is 2. The number of benzene rings is 1. The number of alkyl halides is 3. The van der Waals surface area contributed by atoms with Crippen LogP contribution in [0.3, 0.4) is 0 Å². The normalized spacial score (nSPS) is 20.3. The monoisotopic (exact) mass is 518 g/mol. The average molecular weight is 519 g/mol. The lowest BCUT2D eigenvalue weighted by molar-refractivity contribution is -0.274. The number of pyridine rings is 1.